The zero-order chi connectivity index (χ0) is 46.8. The Morgan fingerprint density at radius 2 is 0.900 bits per heavy atom. The lowest BCUT2D eigenvalue weighted by Gasteiger charge is -2.19. The second-order valence-electron chi connectivity index (χ2n) is 12.6. The van der Waals surface area contributed by atoms with Crippen molar-refractivity contribution in [3.05, 3.63) is 71.8 Å². The summed E-state index contributed by atoms with van der Waals surface area (Å²) in [5.74, 6) is -1.66. The molecule has 346 valence electrons. The Kier molecular flexibility index (Phi) is 29.2. The molecule has 0 saturated carbocycles. The summed E-state index contributed by atoms with van der Waals surface area (Å²) in [4.78, 5) is 51.1. The third kappa shape index (κ3) is 34.9. The van der Waals surface area contributed by atoms with Crippen molar-refractivity contribution in [2.45, 2.75) is 79.1 Å². The van der Waals surface area contributed by atoms with Gasteiger partial charge in [-0.2, -0.15) is 13.2 Å². The quantitative estimate of drug-likeness (QED) is 0.0516. The molecule has 7 unspecified atom stereocenters. The minimum atomic E-state index is -4.57. The fraction of sp³-hybridized carbons (Fsp3) is 0.571. The van der Waals surface area contributed by atoms with Gasteiger partial charge in [-0.15, -0.1) is 0 Å². The monoisotopic (exact) mass is 943 g/mol. The van der Waals surface area contributed by atoms with Crippen LogP contribution in [0.5, 0.6) is 0 Å². The second-order valence-corrected chi connectivity index (χ2v) is 20.9. The van der Waals surface area contributed by atoms with Crippen molar-refractivity contribution >= 4 is 48.1 Å². The summed E-state index contributed by atoms with van der Waals surface area (Å²) in [6.07, 6.45) is -4.57. The van der Waals surface area contributed by atoms with Crippen molar-refractivity contribution in [2.75, 3.05) is 53.1 Å². The molecule has 0 spiro atoms. The number of esters is 3. The number of ether oxygens (including phenoxy) is 3. The standard InChI is InChI=1S/C13H20NO4P.C8H15F3NO4P.C8H11O3P.C6H14NO4P/c1-4-17-13(15)11(2)14-19(3,16)18-10-12-8-6-5-7-9-12;1-4-15-7(13)6(2)12-17(3,14)16-5-8(9,10)11;1-12(9,10)11-7-8-5-3-2-4-6-8;1-4-11-6(8)5(2)7-12(3,9)10/h5-9,11H,4,10H2,1-3H3,(H,14,16);6H,4-5H2,1-3H3,(H,12,14);2-6H,7H2,1H3,(H,9,10);5H,4H2,1-3H3,(H2,7,9,10). The predicted octanol–water partition coefficient (Wildman–Crippen LogP) is 6.86. The van der Waals surface area contributed by atoms with Crippen molar-refractivity contribution in [1.29, 1.82) is 0 Å². The van der Waals surface area contributed by atoms with Crippen molar-refractivity contribution in [3.8, 4) is 0 Å². The number of hydrogen-bond donors (Lipinski definition) is 5. The van der Waals surface area contributed by atoms with Crippen LogP contribution < -0.4 is 15.3 Å². The molecule has 7 atom stereocenters. The van der Waals surface area contributed by atoms with Gasteiger partial charge in [0.15, 0.2) is 6.61 Å². The number of nitrogens with one attached hydrogen (secondary N) is 3. The third-order valence-electron chi connectivity index (χ3n) is 6.32. The molecule has 0 aliphatic carbocycles. The zero-order valence-corrected chi connectivity index (χ0v) is 39.0. The Hall–Kier alpha value is -2.76. The van der Waals surface area contributed by atoms with Gasteiger partial charge in [-0.1, -0.05) is 60.7 Å². The SMILES string of the molecule is CCOC(=O)C(C)NP(C)(=O)O.CCOC(=O)C(C)NP(C)(=O)OCC(F)(F)F.CCOC(=O)C(C)NP(C)(=O)OCc1ccccc1.CP(=O)(O)OCc1ccccc1. The van der Waals surface area contributed by atoms with Gasteiger partial charge < -0.3 is 37.6 Å². The van der Waals surface area contributed by atoms with Crippen molar-refractivity contribution in [2.24, 2.45) is 0 Å². The normalized spacial score (nSPS) is 16.5. The van der Waals surface area contributed by atoms with Gasteiger partial charge >= 0.3 is 31.7 Å². The van der Waals surface area contributed by atoms with E-state index in [0.717, 1.165) is 24.5 Å². The summed E-state index contributed by atoms with van der Waals surface area (Å²) in [5.41, 5.74) is 1.82. The summed E-state index contributed by atoms with van der Waals surface area (Å²) in [6.45, 7) is 13.6. The highest BCUT2D eigenvalue weighted by Gasteiger charge is 2.33. The van der Waals surface area contributed by atoms with E-state index in [0.29, 0.717) is 6.61 Å². The third-order valence-corrected chi connectivity index (χ3v) is 10.7. The molecule has 0 heterocycles. The van der Waals surface area contributed by atoms with E-state index in [4.69, 9.17) is 23.6 Å². The highest BCUT2D eigenvalue weighted by Crippen LogP contribution is 2.41. The van der Waals surface area contributed by atoms with Crippen LogP contribution in [-0.2, 0) is 73.6 Å². The topological polar surface area (TPSA) is 251 Å². The Balaban J connectivity index is 0. The first-order valence-electron chi connectivity index (χ1n) is 18.1. The van der Waals surface area contributed by atoms with Crippen molar-refractivity contribution in [3.63, 3.8) is 0 Å². The maximum absolute atomic E-state index is 12.2. The van der Waals surface area contributed by atoms with Crippen LogP contribution in [0.2, 0.25) is 0 Å². The lowest BCUT2D eigenvalue weighted by Crippen LogP contribution is -2.34. The number of halogens is 3. The van der Waals surface area contributed by atoms with E-state index in [2.05, 4.69) is 29.3 Å². The minimum absolute atomic E-state index is 0.127. The molecule has 2 aromatic rings. The number of carbonyl (C=O) groups excluding carboxylic acids is 3. The van der Waals surface area contributed by atoms with Crippen LogP contribution in [0.15, 0.2) is 60.7 Å². The minimum Gasteiger partial charge on any atom is -0.465 e. The zero-order valence-electron chi connectivity index (χ0n) is 35.4. The van der Waals surface area contributed by atoms with E-state index in [1.54, 1.807) is 27.7 Å². The maximum Gasteiger partial charge on any atom is 0.412 e. The molecule has 18 nitrogen and oxygen atoms in total. The lowest BCUT2D eigenvalue weighted by atomic mass is 10.2. The van der Waals surface area contributed by atoms with Gasteiger partial charge in [-0.3, -0.25) is 32.6 Å². The highest BCUT2D eigenvalue weighted by molar-refractivity contribution is 7.56. The van der Waals surface area contributed by atoms with E-state index in [1.807, 2.05) is 60.7 Å². The first-order chi connectivity index (χ1) is 27.5. The second kappa shape index (κ2) is 29.5. The number of rotatable bonds is 20. The van der Waals surface area contributed by atoms with E-state index in [9.17, 15) is 45.8 Å². The van der Waals surface area contributed by atoms with Gasteiger partial charge in [0.25, 0.3) is 22.6 Å². The van der Waals surface area contributed by atoms with Gasteiger partial charge in [0.05, 0.1) is 33.0 Å². The van der Waals surface area contributed by atoms with Gasteiger partial charge in [-0.05, 0) is 52.7 Å². The molecule has 2 rings (SSSR count). The van der Waals surface area contributed by atoms with E-state index < -0.39 is 79.0 Å². The Bertz CT molecular complexity index is 1730. The Morgan fingerprint density at radius 3 is 1.20 bits per heavy atom. The van der Waals surface area contributed by atoms with Crippen LogP contribution in [0.3, 0.4) is 0 Å². The number of hydrogen-bond acceptors (Lipinski definition) is 13. The molecule has 60 heavy (non-hydrogen) atoms. The highest BCUT2D eigenvalue weighted by atomic mass is 31.2. The molecule has 0 bridgehead atoms. The largest absolute Gasteiger partial charge is 0.465 e. The van der Waals surface area contributed by atoms with Crippen LogP contribution in [0, 0.1) is 0 Å². The molecule has 0 saturated heterocycles. The smallest absolute Gasteiger partial charge is 0.412 e. The number of carbonyl (C=O) groups is 3. The molecule has 0 aliphatic heterocycles. The van der Waals surface area contributed by atoms with Crippen molar-refractivity contribution < 1.29 is 83.4 Å². The molecular formula is C35H60F3N3O15P4. The summed E-state index contributed by atoms with van der Waals surface area (Å²) in [6, 6.07) is 16.3. The van der Waals surface area contributed by atoms with Gasteiger partial charge in [0.1, 0.15) is 18.1 Å². The van der Waals surface area contributed by atoms with Crippen LogP contribution in [0.4, 0.5) is 13.2 Å². The van der Waals surface area contributed by atoms with Crippen LogP contribution >= 0.6 is 30.2 Å². The maximum atomic E-state index is 12.2. The van der Waals surface area contributed by atoms with E-state index in [1.165, 1.54) is 27.2 Å². The van der Waals surface area contributed by atoms with Gasteiger partial charge in [0.2, 0.25) is 0 Å². The molecule has 25 heteroatoms. The Labute approximate surface area is 350 Å². The molecule has 2 aromatic carbocycles. The average molecular weight is 944 g/mol. The van der Waals surface area contributed by atoms with Crippen LogP contribution in [0.25, 0.3) is 0 Å². The average Bonchev–Trinajstić information content (AvgIpc) is 3.13. The first-order valence-corrected chi connectivity index (χ1v) is 26.4. The van der Waals surface area contributed by atoms with Crippen molar-refractivity contribution in [1.82, 2.24) is 15.3 Å². The van der Waals surface area contributed by atoms with E-state index >= 15 is 0 Å². The summed E-state index contributed by atoms with van der Waals surface area (Å²) < 4.78 is 109. The molecule has 0 aromatic heterocycles. The lowest BCUT2D eigenvalue weighted by molar-refractivity contribution is -0.153. The molecular weight excluding hydrogens is 883 g/mol. The first kappa shape index (κ1) is 59.3. The van der Waals surface area contributed by atoms with E-state index in [-0.39, 0.29) is 26.4 Å². The molecule has 5 N–H and O–H groups in total. The Morgan fingerprint density at radius 1 is 0.583 bits per heavy atom. The molecule has 0 fully saturated rings. The van der Waals surface area contributed by atoms with Crippen LogP contribution in [-0.4, -0.2) is 105 Å². The fourth-order valence-corrected chi connectivity index (χ4v) is 7.60. The van der Waals surface area contributed by atoms with Gasteiger partial charge in [0, 0.05) is 26.7 Å². The fourth-order valence-electron chi connectivity index (χ4n) is 3.83. The molecule has 0 amide bonds. The number of benzene rings is 2. The summed E-state index contributed by atoms with van der Waals surface area (Å²) in [7, 11) is -13.4. The molecule has 0 aliphatic rings. The molecule has 0 radical (unpaired) electrons. The van der Waals surface area contributed by atoms with Crippen LogP contribution in [0.1, 0.15) is 52.7 Å². The van der Waals surface area contributed by atoms with Gasteiger partial charge in [-0.25, -0.2) is 15.3 Å². The predicted molar refractivity (Wildman–Crippen MR) is 221 cm³/mol. The number of alkyl halides is 3. The summed E-state index contributed by atoms with van der Waals surface area (Å²) in [5, 5.41) is 7.08. The summed E-state index contributed by atoms with van der Waals surface area (Å²) >= 11 is 0.